The van der Waals surface area contributed by atoms with Gasteiger partial charge in [0, 0.05) is 20.1 Å². The van der Waals surface area contributed by atoms with Gasteiger partial charge in [-0.1, -0.05) is 13.8 Å². The van der Waals surface area contributed by atoms with E-state index in [4.69, 9.17) is 5.11 Å². The topological polar surface area (TPSA) is 98.7 Å². The number of carboxylic acids is 1. The molecule has 3 N–H and O–H groups in total. The van der Waals surface area contributed by atoms with Crippen LogP contribution in [0.3, 0.4) is 0 Å². The van der Waals surface area contributed by atoms with E-state index >= 15 is 0 Å². The van der Waals surface area contributed by atoms with Crippen molar-refractivity contribution in [3.63, 3.8) is 0 Å². The van der Waals surface area contributed by atoms with Gasteiger partial charge in [-0.05, 0) is 18.8 Å². The predicted molar refractivity (Wildman–Crippen MR) is 73.2 cm³/mol. The van der Waals surface area contributed by atoms with Crippen LogP contribution in [0.1, 0.15) is 26.7 Å². The molecule has 0 radical (unpaired) electrons. The molecule has 3 amide bonds. The van der Waals surface area contributed by atoms with Crippen molar-refractivity contribution in [1.29, 1.82) is 0 Å². The summed E-state index contributed by atoms with van der Waals surface area (Å²) in [7, 11) is 1.69. The van der Waals surface area contributed by atoms with Crippen molar-refractivity contribution in [3.05, 3.63) is 0 Å². The highest BCUT2D eigenvalue weighted by molar-refractivity contribution is 5.88. The molecule has 1 saturated heterocycles. The zero-order valence-electron chi connectivity index (χ0n) is 12.2. The number of aliphatic carboxylic acids is 1. The van der Waals surface area contributed by atoms with E-state index in [1.165, 1.54) is 0 Å². The van der Waals surface area contributed by atoms with Gasteiger partial charge < -0.3 is 20.6 Å². The first-order valence-corrected chi connectivity index (χ1v) is 6.83. The number of hydrogen-bond donors (Lipinski definition) is 3. The van der Waals surface area contributed by atoms with Gasteiger partial charge in [-0.25, -0.2) is 4.79 Å². The first-order valence-electron chi connectivity index (χ1n) is 6.83. The van der Waals surface area contributed by atoms with Crippen molar-refractivity contribution in [1.82, 2.24) is 15.5 Å². The average molecular weight is 285 g/mol. The summed E-state index contributed by atoms with van der Waals surface area (Å²) < 4.78 is 0. The molecule has 114 valence electrons. The number of nitrogens with zero attached hydrogens (tertiary/aromatic N) is 1. The normalized spacial score (nSPS) is 20.1. The van der Waals surface area contributed by atoms with Crippen LogP contribution in [-0.2, 0) is 9.59 Å². The monoisotopic (exact) mass is 285 g/mol. The number of urea groups is 1. The number of carbonyl (C=O) groups excluding carboxylic acids is 2. The molecule has 7 nitrogen and oxygen atoms in total. The maximum atomic E-state index is 11.7. The van der Waals surface area contributed by atoms with Crippen LogP contribution >= 0.6 is 0 Å². The lowest BCUT2D eigenvalue weighted by Gasteiger charge is -2.17. The summed E-state index contributed by atoms with van der Waals surface area (Å²) in [6.45, 7) is 4.55. The molecule has 0 aliphatic carbocycles. The van der Waals surface area contributed by atoms with Crippen molar-refractivity contribution < 1.29 is 19.5 Å². The number of nitrogens with one attached hydrogen (secondary N) is 2. The molecule has 7 heteroatoms. The van der Waals surface area contributed by atoms with Crippen LogP contribution in [0.4, 0.5) is 4.79 Å². The third-order valence-electron chi connectivity index (χ3n) is 3.35. The highest BCUT2D eigenvalue weighted by Crippen LogP contribution is 2.11. The maximum absolute atomic E-state index is 11.7. The van der Waals surface area contributed by atoms with E-state index in [0.29, 0.717) is 19.4 Å². The minimum absolute atomic E-state index is 0.0656. The Morgan fingerprint density at radius 2 is 2.10 bits per heavy atom. The summed E-state index contributed by atoms with van der Waals surface area (Å²) in [5.41, 5.74) is 0. The van der Waals surface area contributed by atoms with Crippen molar-refractivity contribution in [2.24, 2.45) is 11.8 Å². The van der Waals surface area contributed by atoms with Crippen LogP contribution in [0.25, 0.3) is 0 Å². The van der Waals surface area contributed by atoms with Crippen molar-refractivity contribution in [2.75, 3.05) is 20.1 Å². The minimum atomic E-state index is -0.921. The minimum Gasteiger partial charge on any atom is -0.481 e. The van der Waals surface area contributed by atoms with Gasteiger partial charge in [0.1, 0.15) is 6.04 Å². The van der Waals surface area contributed by atoms with Gasteiger partial charge in [0.15, 0.2) is 0 Å². The van der Waals surface area contributed by atoms with E-state index in [1.54, 1.807) is 11.9 Å². The van der Waals surface area contributed by atoms with Crippen LogP contribution in [0.5, 0.6) is 0 Å². The molecule has 0 aromatic heterocycles. The number of hydrogen-bond acceptors (Lipinski definition) is 3. The number of carbonyl (C=O) groups is 3. The smallest absolute Gasteiger partial charge is 0.315 e. The van der Waals surface area contributed by atoms with Crippen molar-refractivity contribution in [2.45, 2.75) is 32.7 Å². The molecule has 0 bridgehead atoms. The molecular weight excluding hydrogens is 262 g/mol. The van der Waals surface area contributed by atoms with Crippen molar-refractivity contribution >= 4 is 17.9 Å². The molecule has 2 atom stereocenters. The molecule has 0 aromatic carbocycles. The Balaban J connectivity index is 2.38. The molecule has 20 heavy (non-hydrogen) atoms. The first kappa shape index (κ1) is 16.3. The lowest BCUT2D eigenvalue weighted by atomic mass is 9.97. The van der Waals surface area contributed by atoms with Gasteiger partial charge in [0.05, 0.1) is 5.92 Å². The highest BCUT2D eigenvalue weighted by Gasteiger charge is 2.30. The lowest BCUT2D eigenvalue weighted by Crippen LogP contribution is -2.47. The molecular formula is C13H23N3O4. The highest BCUT2D eigenvalue weighted by atomic mass is 16.4. The maximum Gasteiger partial charge on any atom is 0.315 e. The number of rotatable bonds is 6. The lowest BCUT2D eigenvalue weighted by molar-refractivity contribution is -0.142. The first-order chi connectivity index (χ1) is 9.31. The van der Waals surface area contributed by atoms with E-state index in [-0.39, 0.29) is 18.4 Å². The Labute approximate surface area is 118 Å². The third-order valence-corrected chi connectivity index (χ3v) is 3.35. The fourth-order valence-corrected chi connectivity index (χ4v) is 2.22. The van der Waals surface area contributed by atoms with Crippen LogP contribution in [0.15, 0.2) is 0 Å². The molecule has 1 fully saturated rings. The Hall–Kier alpha value is -1.79. The second kappa shape index (κ2) is 7.12. The predicted octanol–water partition coefficient (Wildman–Crippen LogP) is 0.263. The Morgan fingerprint density at radius 3 is 2.55 bits per heavy atom. The van der Waals surface area contributed by atoms with Crippen LogP contribution in [0, 0.1) is 11.8 Å². The Bertz CT molecular complexity index is 384. The largest absolute Gasteiger partial charge is 0.481 e. The summed E-state index contributed by atoms with van der Waals surface area (Å²) in [6.07, 6.45) is 1.08. The van der Waals surface area contributed by atoms with Gasteiger partial charge in [-0.3, -0.25) is 9.59 Å². The molecule has 0 aromatic rings. The summed E-state index contributed by atoms with van der Waals surface area (Å²) in [5, 5.41) is 14.2. The zero-order chi connectivity index (χ0) is 15.3. The van der Waals surface area contributed by atoms with E-state index < -0.39 is 24.0 Å². The fraction of sp³-hybridized carbons (Fsp3) is 0.769. The third kappa shape index (κ3) is 4.71. The van der Waals surface area contributed by atoms with Crippen LogP contribution in [0.2, 0.25) is 0 Å². The van der Waals surface area contributed by atoms with Gasteiger partial charge >= 0.3 is 12.0 Å². The molecule has 1 heterocycles. The molecule has 1 aliphatic rings. The summed E-state index contributed by atoms with van der Waals surface area (Å²) >= 11 is 0. The number of amides is 3. The molecule has 1 aliphatic heterocycles. The Morgan fingerprint density at radius 1 is 1.45 bits per heavy atom. The Kier molecular flexibility index (Phi) is 5.79. The summed E-state index contributed by atoms with van der Waals surface area (Å²) in [6, 6.07) is -0.998. The molecule has 2 unspecified atom stereocenters. The van der Waals surface area contributed by atoms with Gasteiger partial charge in [0.25, 0.3) is 0 Å². The fourth-order valence-electron chi connectivity index (χ4n) is 2.22. The average Bonchev–Trinajstić information content (AvgIpc) is 2.65. The van der Waals surface area contributed by atoms with E-state index in [0.717, 1.165) is 0 Å². The quantitative estimate of drug-likeness (QED) is 0.652. The second-order valence-electron chi connectivity index (χ2n) is 5.62. The summed E-state index contributed by atoms with van der Waals surface area (Å²) in [5.74, 6) is -1.40. The molecule has 0 spiro atoms. The number of likely N-dealkylation sites (tertiary alicyclic amines) is 1. The van der Waals surface area contributed by atoms with Crippen LogP contribution in [-0.4, -0.2) is 54.1 Å². The number of likely N-dealkylation sites (N-methyl/N-ethyl adjacent to an activating group) is 1. The van der Waals surface area contributed by atoms with Gasteiger partial charge in [0.2, 0.25) is 5.91 Å². The molecule has 1 rings (SSSR count). The SMILES string of the molecule is CC(C)CC(CNC(=O)NC1CCN(C)C1=O)C(=O)O. The van der Waals surface area contributed by atoms with Gasteiger partial charge in [-0.2, -0.15) is 0 Å². The standard InChI is InChI=1S/C13H23N3O4/c1-8(2)6-9(12(18)19)7-14-13(20)15-10-4-5-16(3)11(10)17/h8-10H,4-7H2,1-3H3,(H,18,19)(H2,14,15,20). The number of carboxylic acid groups (broad SMARTS) is 1. The van der Waals surface area contributed by atoms with E-state index in [9.17, 15) is 14.4 Å². The zero-order valence-corrected chi connectivity index (χ0v) is 12.2. The van der Waals surface area contributed by atoms with E-state index in [1.807, 2.05) is 13.8 Å². The van der Waals surface area contributed by atoms with E-state index in [2.05, 4.69) is 10.6 Å². The van der Waals surface area contributed by atoms with Crippen molar-refractivity contribution in [3.8, 4) is 0 Å². The van der Waals surface area contributed by atoms with Gasteiger partial charge in [-0.15, -0.1) is 0 Å². The summed E-state index contributed by atoms with van der Waals surface area (Å²) in [4.78, 5) is 35.9. The molecule has 0 saturated carbocycles. The second-order valence-corrected chi connectivity index (χ2v) is 5.62. The van der Waals surface area contributed by atoms with Crippen LogP contribution < -0.4 is 10.6 Å².